The maximum atomic E-state index is 3.85. The molecule has 2 rings (SSSR count). The minimum atomic E-state index is 0.599. The van der Waals surface area contributed by atoms with Gasteiger partial charge in [0.15, 0.2) is 0 Å². The lowest BCUT2D eigenvalue weighted by molar-refractivity contribution is 0.290. The monoisotopic (exact) mass is 251 g/mol. The smallest absolute Gasteiger partial charge is 0.0210 e. The Morgan fingerprint density at radius 3 is 2.17 bits per heavy atom. The van der Waals surface area contributed by atoms with Gasteiger partial charge in [-0.15, -0.1) is 0 Å². The molecule has 1 saturated heterocycles. The Kier molecular flexibility index (Phi) is 6.01. The molecule has 1 saturated carbocycles. The molecule has 1 aliphatic heterocycles. The van der Waals surface area contributed by atoms with Crippen LogP contribution in [0.1, 0.15) is 90.4 Å². The second-order valence-corrected chi connectivity index (χ2v) is 6.69. The standard InChI is InChI=1S/C17H33N/c1-2-3-4-5-6-7-8-9-13-17(16-11-12-16)14-10-15-18-17/h16,18H,2-15H2,1H3. The summed E-state index contributed by atoms with van der Waals surface area (Å²) in [6.07, 6.45) is 19.0. The zero-order valence-electron chi connectivity index (χ0n) is 12.5. The lowest BCUT2D eigenvalue weighted by atomic mass is 9.85. The van der Waals surface area contributed by atoms with Gasteiger partial charge < -0.3 is 5.32 Å². The van der Waals surface area contributed by atoms with Crippen LogP contribution in [0.25, 0.3) is 0 Å². The fourth-order valence-corrected chi connectivity index (χ4v) is 3.81. The van der Waals surface area contributed by atoms with Gasteiger partial charge in [-0.3, -0.25) is 0 Å². The van der Waals surface area contributed by atoms with Crippen LogP contribution in [-0.4, -0.2) is 12.1 Å². The molecule has 1 nitrogen and oxygen atoms in total. The highest BCUT2D eigenvalue weighted by Crippen LogP contribution is 2.46. The zero-order chi connectivity index (χ0) is 12.7. The summed E-state index contributed by atoms with van der Waals surface area (Å²) in [7, 11) is 0. The number of unbranched alkanes of at least 4 members (excludes halogenated alkanes) is 7. The van der Waals surface area contributed by atoms with Gasteiger partial charge in [-0.05, 0) is 44.6 Å². The first-order chi connectivity index (χ1) is 8.87. The van der Waals surface area contributed by atoms with E-state index in [0.29, 0.717) is 5.54 Å². The van der Waals surface area contributed by atoms with E-state index in [2.05, 4.69) is 12.2 Å². The van der Waals surface area contributed by atoms with Gasteiger partial charge >= 0.3 is 0 Å². The van der Waals surface area contributed by atoms with Crippen molar-refractivity contribution < 1.29 is 0 Å². The fraction of sp³-hybridized carbons (Fsp3) is 1.00. The first-order valence-corrected chi connectivity index (χ1v) is 8.62. The molecule has 18 heavy (non-hydrogen) atoms. The molecule has 0 aromatic heterocycles. The van der Waals surface area contributed by atoms with Crippen molar-refractivity contribution >= 4 is 0 Å². The molecule has 0 aromatic rings. The Balaban J connectivity index is 1.49. The van der Waals surface area contributed by atoms with Crippen molar-refractivity contribution in [2.75, 3.05) is 6.54 Å². The van der Waals surface area contributed by atoms with E-state index < -0.39 is 0 Å². The van der Waals surface area contributed by atoms with Gasteiger partial charge in [-0.1, -0.05) is 58.3 Å². The van der Waals surface area contributed by atoms with E-state index in [9.17, 15) is 0 Å². The highest BCUT2D eigenvalue weighted by atomic mass is 15.0. The predicted molar refractivity (Wildman–Crippen MR) is 79.9 cm³/mol. The molecule has 1 heterocycles. The largest absolute Gasteiger partial charge is 0.311 e. The second-order valence-electron chi connectivity index (χ2n) is 6.69. The van der Waals surface area contributed by atoms with Crippen LogP contribution in [0.4, 0.5) is 0 Å². The van der Waals surface area contributed by atoms with Crippen molar-refractivity contribution in [1.29, 1.82) is 0 Å². The van der Waals surface area contributed by atoms with E-state index in [1.807, 2.05) is 0 Å². The van der Waals surface area contributed by atoms with Crippen molar-refractivity contribution in [3.63, 3.8) is 0 Å². The summed E-state index contributed by atoms with van der Waals surface area (Å²) in [5.41, 5.74) is 0.599. The van der Waals surface area contributed by atoms with Crippen LogP contribution < -0.4 is 5.32 Å². The van der Waals surface area contributed by atoms with Crippen LogP contribution in [0.5, 0.6) is 0 Å². The van der Waals surface area contributed by atoms with Gasteiger partial charge in [0.2, 0.25) is 0 Å². The Labute approximate surface area is 114 Å². The summed E-state index contributed by atoms with van der Waals surface area (Å²) in [5, 5.41) is 3.85. The average Bonchev–Trinajstić information content (AvgIpc) is 3.14. The fourth-order valence-electron chi connectivity index (χ4n) is 3.81. The van der Waals surface area contributed by atoms with E-state index in [1.165, 1.54) is 90.0 Å². The Morgan fingerprint density at radius 2 is 1.61 bits per heavy atom. The van der Waals surface area contributed by atoms with Gasteiger partial charge in [0, 0.05) is 5.54 Å². The highest BCUT2D eigenvalue weighted by Gasteiger charge is 2.45. The third-order valence-corrected chi connectivity index (χ3v) is 5.11. The van der Waals surface area contributed by atoms with E-state index in [0.717, 1.165) is 5.92 Å². The van der Waals surface area contributed by atoms with Crippen LogP contribution in [0.15, 0.2) is 0 Å². The zero-order valence-corrected chi connectivity index (χ0v) is 12.5. The third kappa shape index (κ3) is 4.26. The number of nitrogens with one attached hydrogen (secondary N) is 1. The number of hydrogen-bond donors (Lipinski definition) is 1. The molecule has 1 aliphatic carbocycles. The van der Waals surface area contributed by atoms with Gasteiger partial charge in [-0.25, -0.2) is 0 Å². The number of rotatable bonds is 10. The van der Waals surface area contributed by atoms with Gasteiger partial charge in [0.05, 0.1) is 0 Å². The van der Waals surface area contributed by atoms with E-state index in [1.54, 1.807) is 0 Å². The first kappa shape index (κ1) is 14.4. The average molecular weight is 251 g/mol. The predicted octanol–water partition coefficient (Wildman–Crippen LogP) is 5.05. The summed E-state index contributed by atoms with van der Waals surface area (Å²) in [6, 6.07) is 0. The summed E-state index contributed by atoms with van der Waals surface area (Å²) in [4.78, 5) is 0. The molecular weight excluding hydrogens is 218 g/mol. The first-order valence-electron chi connectivity index (χ1n) is 8.62. The van der Waals surface area contributed by atoms with Crippen molar-refractivity contribution in [3.05, 3.63) is 0 Å². The van der Waals surface area contributed by atoms with Crippen LogP contribution in [-0.2, 0) is 0 Å². The summed E-state index contributed by atoms with van der Waals surface area (Å²) in [6.45, 7) is 3.58. The van der Waals surface area contributed by atoms with Gasteiger partial charge in [0.25, 0.3) is 0 Å². The lowest BCUT2D eigenvalue weighted by Gasteiger charge is -2.30. The van der Waals surface area contributed by atoms with Crippen molar-refractivity contribution in [2.24, 2.45) is 5.92 Å². The van der Waals surface area contributed by atoms with Crippen molar-refractivity contribution in [3.8, 4) is 0 Å². The molecule has 0 bridgehead atoms. The molecule has 106 valence electrons. The Bertz CT molecular complexity index is 214. The molecule has 0 amide bonds. The Hall–Kier alpha value is -0.0400. The van der Waals surface area contributed by atoms with Crippen LogP contribution in [0.3, 0.4) is 0 Å². The number of hydrogen-bond acceptors (Lipinski definition) is 1. The van der Waals surface area contributed by atoms with Gasteiger partial charge in [0.1, 0.15) is 0 Å². The normalized spacial score (nSPS) is 27.8. The van der Waals surface area contributed by atoms with E-state index in [-0.39, 0.29) is 0 Å². The molecule has 0 spiro atoms. The third-order valence-electron chi connectivity index (χ3n) is 5.11. The molecule has 1 N–H and O–H groups in total. The summed E-state index contributed by atoms with van der Waals surface area (Å²) >= 11 is 0. The molecule has 1 unspecified atom stereocenters. The van der Waals surface area contributed by atoms with Crippen LogP contribution in [0.2, 0.25) is 0 Å². The molecule has 1 atom stereocenters. The van der Waals surface area contributed by atoms with E-state index >= 15 is 0 Å². The quantitative estimate of drug-likeness (QED) is 0.536. The van der Waals surface area contributed by atoms with Crippen LogP contribution in [0, 0.1) is 5.92 Å². The molecule has 0 radical (unpaired) electrons. The highest BCUT2D eigenvalue weighted by molar-refractivity contribution is 5.03. The minimum absolute atomic E-state index is 0.599. The van der Waals surface area contributed by atoms with Crippen molar-refractivity contribution in [1.82, 2.24) is 5.32 Å². The SMILES string of the molecule is CCCCCCCCCCC1(C2CC2)CCCN1. The van der Waals surface area contributed by atoms with Crippen LogP contribution >= 0.6 is 0 Å². The van der Waals surface area contributed by atoms with Gasteiger partial charge in [-0.2, -0.15) is 0 Å². The molecule has 2 aliphatic rings. The summed E-state index contributed by atoms with van der Waals surface area (Å²) in [5.74, 6) is 1.05. The topological polar surface area (TPSA) is 12.0 Å². The molecule has 1 heteroatoms. The van der Waals surface area contributed by atoms with Crippen molar-refractivity contribution in [2.45, 2.75) is 95.9 Å². The van der Waals surface area contributed by atoms with E-state index in [4.69, 9.17) is 0 Å². The maximum Gasteiger partial charge on any atom is 0.0210 e. The summed E-state index contributed by atoms with van der Waals surface area (Å²) < 4.78 is 0. The minimum Gasteiger partial charge on any atom is -0.311 e. The Morgan fingerprint density at radius 1 is 0.944 bits per heavy atom. The molecular formula is C17H33N. The molecule has 2 fully saturated rings. The lowest BCUT2D eigenvalue weighted by Crippen LogP contribution is -2.41. The maximum absolute atomic E-state index is 3.85. The second kappa shape index (κ2) is 7.53. The molecule has 0 aromatic carbocycles.